The molecule has 0 spiro atoms. The number of carbonyl (C=O) groups excluding carboxylic acids is 1. The van der Waals surface area contributed by atoms with Gasteiger partial charge in [-0.1, -0.05) is 44.2 Å². The zero-order chi connectivity index (χ0) is 20.9. The number of benzene rings is 2. The number of pyridine rings is 1. The summed E-state index contributed by atoms with van der Waals surface area (Å²) in [5.41, 5.74) is 2.02. The molecule has 0 radical (unpaired) electrons. The average molecular weight is 405 g/mol. The van der Waals surface area contributed by atoms with Crippen LogP contribution in [0.5, 0.6) is 11.5 Å². The van der Waals surface area contributed by atoms with Crippen molar-refractivity contribution in [1.82, 2.24) is 9.88 Å². The van der Waals surface area contributed by atoms with Gasteiger partial charge in [-0.25, -0.2) is 4.79 Å². The predicted molar refractivity (Wildman–Crippen MR) is 118 cm³/mol. The van der Waals surface area contributed by atoms with E-state index in [0.717, 1.165) is 35.4 Å². The zero-order valence-corrected chi connectivity index (χ0v) is 17.5. The molecule has 0 N–H and O–H groups in total. The number of nitrogens with zero attached hydrogens (tertiary/aromatic N) is 3. The molecule has 6 nitrogen and oxygen atoms in total. The third kappa shape index (κ3) is 4.64. The number of rotatable bonds is 5. The van der Waals surface area contributed by atoms with Gasteiger partial charge >= 0.3 is 6.09 Å². The fourth-order valence-electron chi connectivity index (χ4n) is 3.52. The Morgan fingerprint density at radius 3 is 2.50 bits per heavy atom. The number of anilines is 1. The van der Waals surface area contributed by atoms with Crippen LogP contribution < -0.4 is 9.64 Å². The quantitative estimate of drug-likeness (QED) is 0.602. The molecule has 2 aromatic carbocycles. The number of amides is 1. The van der Waals surface area contributed by atoms with Crippen molar-refractivity contribution in [3.8, 4) is 11.5 Å². The standard InChI is InChI=1S/C24H27N3O3/c1-18(2)17-29-24(28)27-13-11-26(12-14-27)22-10-6-7-19-15-21(16-25-23(19)22)30-20-8-4-3-5-9-20/h3-10,15-16,18H,11-14,17H2,1-2H3. The van der Waals surface area contributed by atoms with Crippen molar-refractivity contribution in [3.05, 3.63) is 60.8 Å². The van der Waals surface area contributed by atoms with Crippen molar-refractivity contribution in [1.29, 1.82) is 0 Å². The van der Waals surface area contributed by atoms with Crippen molar-refractivity contribution in [2.24, 2.45) is 5.92 Å². The second kappa shape index (κ2) is 9.03. The van der Waals surface area contributed by atoms with Crippen LogP contribution in [0, 0.1) is 5.92 Å². The first-order chi connectivity index (χ1) is 14.6. The molecule has 6 heteroatoms. The van der Waals surface area contributed by atoms with E-state index >= 15 is 0 Å². The fraction of sp³-hybridized carbons (Fsp3) is 0.333. The first-order valence-electron chi connectivity index (χ1n) is 10.4. The van der Waals surface area contributed by atoms with Crippen molar-refractivity contribution in [3.63, 3.8) is 0 Å². The van der Waals surface area contributed by atoms with Crippen LogP contribution in [0.4, 0.5) is 10.5 Å². The molecule has 0 aliphatic carbocycles. The lowest BCUT2D eigenvalue weighted by molar-refractivity contribution is 0.0902. The summed E-state index contributed by atoms with van der Waals surface area (Å²) in [7, 11) is 0. The molecule has 2 heterocycles. The monoisotopic (exact) mass is 405 g/mol. The first kappa shape index (κ1) is 20.0. The van der Waals surface area contributed by atoms with E-state index in [1.54, 1.807) is 11.1 Å². The molecule has 1 aliphatic rings. The topological polar surface area (TPSA) is 54.9 Å². The molecular weight excluding hydrogens is 378 g/mol. The normalized spacial score (nSPS) is 14.2. The molecule has 1 fully saturated rings. The molecule has 30 heavy (non-hydrogen) atoms. The summed E-state index contributed by atoms with van der Waals surface area (Å²) in [5, 5.41) is 1.03. The summed E-state index contributed by atoms with van der Waals surface area (Å²) in [6, 6.07) is 17.9. The van der Waals surface area contributed by atoms with Crippen LogP contribution in [-0.4, -0.2) is 48.8 Å². The Hall–Kier alpha value is -3.28. The molecule has 156 valence electrons. The second-order valence-corrected chi connectivity index (χ2v) is 7.88. The number of ether oxygens (including phenoxy) is 2. The van der Waals surface area contributed by atoms with Gasteiger partial charge in [0.15, 0.2) is 0 Å². The van der Waals surface area contributed by atoms with Gasteiger partial charge in [0.25, 0.3) is 0 Å². The maximum absolute atomic E-state index is 12.2. The highest BCUT2D eigenvalue weighted by Crippen LogP contribution is 2.30. The van der Waals surface area contributed by atoms with Gasteiger partial charge in [0.05, 0.1) is 24.0 Å². The molecule has 0 unspecified atom stereocenters. The Labute approximate surface area is 177 Å². The average Bonchev–Trinajstić information content (AvgIpc) is 2.77. The molecule has 1 saturated heterocycles. The third-order valence-electron chi connectivity index (χ3n) is 5.06. The number of carbonyl (C=O) groups is 1. The van der Waals surface area contributed by atoms with Crippen LogP contribution in [0.2, 0.25) is 0 Å². The highest BCUT2D eigenvalue weighted by atomic mass is 16.6. The van der Waals surface area contributed by atoms with E-state index in [0.29, 0.717) is 31.4 Å². The van der Waals surface area contributed by atoms with Crippen molar-refractivity contribution < 1.29 is 14.3 Å². The van der Waals surface area contributed by atoms with E-state index in [9.17, 15) is 4.79 Å². The predicted octanol–water partition coefficient (Wildman–Crippen LogP) is 4.94. The van der Waals surface area contributed by atoms with Crippen molar-refractivity contribution >= 4 is 22.7 Å². The van der Waals surface area contributed by atoms with Gasteiger partial charge in [-0.05, 0) is 30.2 Å². The van der Waals surface area contributed by atoms with Gasteiger partial charge in [0.2, 0.25) is 0 Å². The van der Waals surface area contributed by atoms with Crippen LogP contribution in [0.25, 0.3) is 10.9 Å². The molecule has 1 aliphatic heterocycles. The fourth-order valence-corrected chi connectivity index (χ4v) is 3.52. The van der Waals surface area contributed by atoms with Crippen LogP contribution in [-0.2, 0) is 4.74 Å². The summed E-state index contributed by atoms with van der Waals surface area (Å²) >= 11 is 0. The minimum Gasteiger partial charge on any atom is -0.456 e. The summed E-state index contributed by atoms with van der Waals surface area (Å²) in [5.74, 6) is 1.84. The van der Waals surface area contributed by atoms with E-state index in [1.165, 1.54) is 0 Å². The molecule has 3 aromatic rings. The number of fused-ring (bicyclic) bond motifs is 1. The molecule has 4 rings (SSSR count). The van der Waals surface area contributed by atoms with Gasteiger partial charge in [-0.3, -0.25) is 4.98 Å². The second-order valence-electron chi connectivity index (χ2n) is 7.88. The minimum absolute atomic E-state index is 0.220. The Balaban J connectivity index is 1.45. The highest BCUT2D eigenvalue weighted by molar-refractivity contribution is 5.91. The van der Waals surface area contributed by atoms with E-state index in [1.807, 2.05) is 62.4 Å². The lowest BCUT2D eigenvalue weighted by Gasteiger charge is -2.35. The zero-order valence-electron chi connectivity index (χ0n) is 17.5. The maximum atomic E-state index is 12.2. The lowest BCUT2D eigenvalue weighted by Crippen LogP contribution is -2.49. The van der Waals surface area contributed by atoms with Crippen LogP contribution in [0.15, 0.2) is 60.8 Å². The molecule has 1 aromatic heterocycles. The number of para-hydroxylation sites is 2. The molecule has 0 saturated carbocycles. The smallest absolute Gasteiger partial charge is 0.409 e. The van der Waals surface area contributed by atoms with Gasteiger partial charge in [-0.2, -0.15) is 0 Å². The van der Waals surface area contributed by atoms with Gasteiger partial charge in [0.1, 0.15) is 11.5 Å². The van der Waals surface area contributed by atoms with E-state index in [2.05, 4.69) is 16.0 Å². The summed E-state index contributed by atoms with van der Waals surface area (Å²) < 4.78 is 11.3. The number of piperazine rings is 1. The Kier molecular flexibility index (Phi) is 6.02. The molecule has 0 bridgehead atoms. The summed E-state index contributed by atoms with van der Waals surface area (Å²) in [6.45, 7) is 7.31. The molecule has 0 atom stereocenters. The van der Waals surface area contributed by atoms with E-state index in [-0.39, 0.29) is 6.09 Å². The minimum atomic E-state index is -0.220. The Morgan fingerprint density at radius 2 is 1.77 bits per heavy atom. The van der Waals surface area contributed by atoms with Crippen LogP contribution in [0.3, 0.4) is 0 Å². The third-order valence-corrected chi connectivity index (χ3v) is 5.06. The summed E-state index contributed by atoms with van der Waals surface area (Å²) in [4.78, 5) is 20.9. The first-order valence-corrected chi connectivity index (χ1v) is 10.4. The van der Waals surface area contributed by atoms with E-state index < -0.39 is 0 Å². The molecular formula is C24H27N3O3. The number of hydrogen-bond acceptors (Lipinski definition) is 5. The largest absolute Gasteiger partial charge is 0.456 e. The SMILES string of the molecule is CC(C)COC(=O)N1CCN(c2cccc3cc(Oc4ccccc4)cnc23)CC1. The molecule has 1 amide bonds. The highest BCUT2D eigenvalue weighted by Gasteiger charge is 2.23. The maximum Gasteiger partial charge on any atom is 0.409 e. The summed E-state index contributed by atoms with van der Waals surface area (Å²) in [6.07, 6.45) is 1.54. The van der Waals surface area contributed by atoms with E-state index in [4.69, 9.17) is 9.47 Å². The van der Waals surface area contributed by atoms with Gasteiger partial charge in [-0.15, -0.1) is 0 Å². The van der Waals surface area contributed by atoms with Crippen LogP contribution >= 0.6 is 0 Å². The number of hydrogen-bond donors (Lipinski definition) is 0. The lowest BCUT2D eigenvalue weighted by atomic mass is 10.1. The van der Waals surface area contributed by atoms with Gasteiger partial charge in [0, 0.05) is 31.6 Å². The Bertz CT molecular complexity index is 999. The number of aromatic nitrogens is 1. The van der Waals surface area contributed by atoms with Crippen LogP contribution in [0.1, 0.15) is 13.8 Å². The van der Waals surface area contributed by atoms with Crippen molar-refractivity contribution in [2.45, 2.75) is 13.8 Å². The Morgan fingerprint density at radius 1 is 1.00 bits per heavy atom. The van der Waals surface area contributed by atoms with Gasteiger partial charge < -0.3 is 19.3 Å². The van der Waals surface area contributed by atoms with Crippen molar-refractivity contribution in [2.75, 3.05) is 37.7 Å².